The van der Waals surface area contributed by atoms with Crippen LogP contribution in [0.15, 0.2) is 121 Å². The van der Waals surface area contributed by atoms with Gasteiger partial charge in [-0.05, 0) is 53.2 Å². The molecule has 0 radical (unpaired) electrons. The van der Waals surface area contributed by atoms with Gasteiger partial charge in [-0.15, -0.1) is 11.3 Å². The molecule has 3 heterocycles. The van der Waals surface area contributed by atoms with Crippen molar-refractivity contribution >= 4 is 85.8 Å². The van der Waals surface area contributed by atoms with Crippen LogP contribution in [0.25, 0.3) is 80.1 Å². The number of benzene rings is 6. The SMILES string of the molecule is c1ccc(-n2c3ccccc3c3cc4c(cc32)c2ncccc2c2ccc3c5ccccc5sc3c24)cc1. The smallest absolute Gasteiger partial charge is 0.0787 e. The normalized spacial score (nSPS) is 12.2. The molecule has 0 saturated carbocycles. The predicted octanol–water partition coefficient (Wildman–Crippen LogP) is 10.0. The molecule has 0 bridgehead atoms. The lowest BCUT2D eigenvalue weighted by atomic mass is 9.94. The quantitative estimate of drug-likeness (QED) is 0.205. The van der Waals surface area contributed by atoms with Gasteiger partial charge in [0.25, 0.3) is 0 Å². The lowest BCUT2D eigenvalue weighted by Gasteiger charge is -2.12. The molecule has 2 nitrogen and oxygen atoms in total. The maximum atomic E-state index is 4.94. The van der Waals surface area contributed by atoms with Crippen LogP contribution >= 0.6 is 11.3 Å². The van der Waals surface area contributed by atoms with Crippen molar-refractivity contribution < 1.29 is 0 Å². The van der Waals surface area contributed by atoms with E-state index in [9.17, 15) is 0 Å². The Hall–Kier alpha value is -4.73. The molecule has 0 spiro atoms. The Labute approximate surface area is 222 Å². The van der Waals surface area contributed by atoms with Crippen molar-refractivity contribution in [2.45, 2.75) is 0 Å². The van der Waals surface area contributed by atoms with Gasteiger partial charge < -0.3 is 4.57 Å². The minimum atomic E-state index is 1.06. The molecular formula is C35H20N2S. The van der Waals surface area contributed by atoms with E-state index in [1.807, 2.05) is 17.5 Å². The van der Waals surface area contributed by atoms with Crippen LogP contribution in [-0.2, 0) is 0 Å². The molecule has 176 valence electrons. The molecule has 9 aromatic rings. The number of nitrogens with zero attached hydrogens (tertiary/aromatic N) is 2. The fourth-order valence-corrected chi connectivity index (χ4v) is 7.66. The van der Waals surface area contributed by atoms with Crippen molar-refractivity contribution in [3.63, 3.8) is 0 Å². The maximum Gasteiger partial charge on any atom is 0.0787 e. The number of aromatic nitrogens is 2. The Morgan fingerprint density at radius 3 is 2.18 bits per heavy atom. The fourth-order valence-electron chi connectivity index (χ4n) is 6.39. The molecule has 0 aliphatic heterocycles. The minimum Gasteiger partial charge on any atom is -0.309 e. The van der Waals surface area contributed by atoms with Crippen LogP contribution in [0.1, 0.15) is 0 Å². The first-order valence-corrected chi connectivity index (χ1v) is 13.7. The van der Waals surface area contributed by atoms with E-state index in [2.05, 4.69) is 120 Å². The minimum absolute atomic E-state index is 1.06. The molecule has 6 aromatic carbocycles. The van der Waals surface area contributed by atoms with Gasteiger partial charge in [0.2, 0.25) is 0 Å². The fraction of sp³-hybridized carbons (Fsp3) is 0. The number of hydrogen-bond donors (Lipinski definition) is 0. The Kier molecular flexibility index (Phi) is 3.96. The summed E-state index contributed by atoms with van der Waals surface area (Å²) in [6, 6.07) is 41.9. The molecular weight excluding hydrogens is 480 g/mol. The Bertz CT molecular complexity index is 2390. The summed E-state index contributed by atoms with van der Waals surface area (Å²) in [5.41, 5.74) is 4.66. The highest BCUT2D eigenvalue weighted by molar-refractivity contribution is 7.26. The zero-order valence-electron chi connectivity index (χ0n) is 20.3. The summed E-state index contributed by atoms with van der Waals surface area (Å²) in [7, 11) is 0. The Morgan fingerprint density at radius 2 is 1.26 bits per heavy atom. The predicted molar refractivity (Wildman–Crippen MR) is 164 cm³/mol. The van der Waals surface area contributed by atoms with Crippen molar-refractivity contribution in [2.75, 3.05) is 0 Å². The number of para-hydroxylation sites is 2. The first kappa shape index (κ1) is 20.3. The van der Waals surface area contributed by atoms with E-state index in [-0.39, 0.29) is 0 Å². The monoisotopic (exact) mass is 500 g/mol. The van der Waals surface area contributed by atoms with Gasteiger partial charge >= 0.3 is 0 Å². The third-order valence-corrected chi connectivity index (χ3v) is 9.20. The van der Waals surface area contributed by atoms with E-state index in [1.165, 1.54) is 74.6 Å². The van der Waals surface area contributed by atoms with E-state index in [0.717, 1.165) is 5.52 Å². The van der Waals surface area contributed by atoms with E-state index in [0.29, 0.717) is 0 Å². The van der Waals surface area contributed by atoms with Gasteiger partial charge in [0.1, 0.15) is 0 Å². The van der Waals surface area contributed by atoms with Crippen molar-refractivity contribution in [2.24, 2.45) is 0 Å². The van der Waals surface area contributed by atoms with Gasteiger partial charge in [0.15, 0.2) is 0 Å². The average Bonchev–Trinajstić information content (AvgIpc) is 3.52. The van der Waals surface area contributed by atoms with Gasteiger partial charge in [-0.3, -0.25) is 4.98 Å². The van der Waals surface area contributed by atoms with Gasteiger partial charge in [-0.25, -0.2) is 0 Å². The number of rotatable bonds is 1. The Balaban J connectivity index is 1.58. The molecule has 0 aliphatic carbocycles. The van der Waals surface area contributed by atoms with E-state index >= 15 is 0 Å². The highest BCUT2D eigenvalue weighted by Crippen LogP contribution is 2.45. The average molecular weight is 501 g/mol. The summed E-state index contributed by atoms with van der Waals surface area (Å²) in [6.45, 7) is 0. The van der Waals surface area contributed by atoms with Crippen molar-refractivity contribution in [3.8, 4) is 5.69 Å². The third kappa shape index (κ3) is 2.59. The summed E-state index contributed by atoms with van der Waals surface area (Å²) in [4.78, 5) is 4.94. The number of pyridine rings is 1. The molecule has 0 unspecified atom stereocenters. The van der Waals surface area contributed by atoms with Crippen molar-refractivity contribution in [1.29, 1.82) is 0 Å². The second-order valence-electron chi connectivity index (χ2n) is 9.97. The van der Waals surface area contributed by atoms with Crippen LogP contribution in [0.5, 0.6) is 0 Å². The van der Waals surface area contributed by atoms with Crippen LogP contribution in [0.4, 0.5) is 0 Å². The van der Waals surface area contributed by atoms with Crippen LogP contribution < -0.4 is 0 Å². The molecule has 3 aromatic heterocycles. The van der Waals surface area contributed by atoms with Gasteiger partial charge in [-0.2, -0.15) is 0 Å². The van der Waals surface area contributed by atoms with Crippen molar-refractivity contribution in [1.82, 2.24) is 9.55 Å². The summed E-state index contributed by atoms with van der Waals surface area (Å²) in [5.74, 6) is 0. The van der Waals surface area contributed by atoms with Crippen molar-refractivity contribution in [3.05, 3.63) is 121 Å². The second-order valence-corrected chi connectivity index (χ2v) is 11.0. The summed E-state index contributed by atoms with van der Waals surface area (Å²) < 4.78 is 5.07. The molecule has 9 rings (SSSR count). The van der Waals surface area contributed by atoms with Gasteiger partial charge in [-0.1, -0.05) is 72.8 Å². The van der Waals surface area contributed by atoms with E-state index < -0.39 is 0 Å². The third-order valence-electron chi connectivity index (χ3n) is 8.00. The standard InChI is InChI=1S/C35H20N2S/c1-2-9-21(10-3-1)37-30-14-6-4-11-22(30)27-19-28-29(20-31(27)37)34-25(13-8-18-36-34)24-16-17-26-23-12-5-7-15-32(23)38-35(26)33(24)28/h1-20H. The van der Waals surface area contributed by atoms with E-state index in [4.69, 9.17) is 4.98 Å². The molecule has 0 atom stereocenters. The molecule has 0 fully saturated rings. The summed E-state index contributed by atoms with van der Waals surface area (Å²) in [5, 5.41) is 11.5. The Morgan fingerprint density at radius 1 is 0.500 bits per heavy atom. The molecule has 0 amide bonds. The number of hydrogen-bond acceptors (Lipinski definition) is 2. The zero-order valence-corrected chi connectivity index (χ0v) is 21.2. The van der Waals surface area contributed by atoms with Crippen LogP contribution in [0.3, 0.4) is 0 Å². The number of thiophene rings is 1. The number of fused-ring (bicyclic) bond motifs is 13. The molecule has 0 N–H and O–H groups in total. The molecule has 38 heavy (non-hydrogen) atoms. The zero-order chi connectivity index (χ0) is 24.8. The lowest BCUT2D eigenvalue weighted by Crippen LogP contribution is -1.93. The first-order chi connectivity index (χ1) is 18.9. The van der Waals surface area contributed by atoms with Crippen LogP contribution in [0, 0.1) is 0 Å². The molecule has 3 heteroatoms. The van der Waals surface area contributed by atoms with E-state index in [1.54, 1.807) is 0 Å². The van der Waals surface area contributed by atoms with Gasteiger partial charge in [0.05, 0.1) is 16.6 Å². The van der Waals surface area contributed by atoms with Crippen LogP contribution in [0.2, 0.25) is 0 Å². The topological polar surface area (TPSA) is 17.8 Å². The van der Waals surface area contributed by atoms with Crippen LogP contribution in [-0.4, -0.2) is 9.55 Å². The highest BCUT2D eigenvalue weighted by atomic mass is 32.1. The van der Waals surface area contributed by atoms with Gasteiger partial charge in [0, 0.05) is 59.0 Å². The largest absolute Gasteiger partial charge is 0.309 e. The lowest BCUT2D eigenvalue weighted by molar-refractivity contribution is 1.18. The summed E-state index contributed by atoms with van der Waals surface area (Å²) in [6.07, 6.45) is 1.92. The summed E-state index contributed by atoms with van der Waals surface area (Å²) >= 11 is 1.90. The second kappa shape index (κ2) is 7.41. The highest BCUT2D eigenvalue weighted by Gasteiger charge is 2.19. The molecule has 0 aliphatic rings. The first-order valence-electron chi connectivity index (χ1n) is 12.9. The molecule has 0 saturated heterocycles. The maximum absolute atomic E-state index is 4.94.